The molecule has 0 bridgehead atoms. The van der Waals surface area contributed by atoms with Crippen LogP contribution in [-0.4, -0.2) is 47.9 Å². The summed E-state index contributed by atoms with van der Waals surface area (Å²) < 4.78 is 18.9. The first-order chi connectivity index (χ1) is 16.8. The number of amides is 2. The van der Waals surface area contributed by atoms with Crippen molar-refractivity contribution in [1.82, 2.24) is 9.88 Å². The second-order valence-corrected chi connectivity index (χ2v) is 9.01. The van der Waals surface area contributed by atoms with Gasteiger partial charge in [-0.05, 0) is 66.6 Å². The van der Waals surface area contributed by atoms with Gasteiger partial charge in [-0.25, -0.2) is 9.37 Å². The summed E-state index contributed by atoms with van der Waals surface area (Å²) in [4.78, 5) is 32.9. The number of pyridine rings is 1. The third-order valence-corrected chi connectivity index (χ3v) is 5.84. The highest BCUT2D eigenvalue weighted by Crippen LogP contribution is 2.28. The predicted octanol–water partition coefficient (Wildman–Crippen LogP) is 4.47. The molecule has 2 aromatic carbocycles. The van der Waals surface area contributed by atoms with Crippen molar-refractivity contribution in [1.29, 1.82) is 0 Å². The van der Waals surface area contributed by atoms with E-state index < -0.39 is 5.91 Å². The summed E-state index contributed by atoms with van der Waals surface area (Å²) in [6.07, 6.45) is 0.548. The second-order valence-electron chi connectivity index (χ2n) is 9.01. The molecule has 1 aliphatic heterocycles. The van der Waals surface area contributed by atoms with Crippen LogP contribution in [0.1, 0.15) is 30.8 Å². The molecule has 7 nitrogen and oxygen atoms in total. The van der Waals surface area contributed by atoms with Crippen LogP contribution < -0.4 is 15.4 Å². The van der Waals surface area contributed by atoms with E-state index in [4.69, 9.17) is 10.5 Å². The van der Waals surface area contributed by atoms with Crippen LogP contribution in [0.25, 0.3) is 11.3 Å². The Morgan fingerprint density at radius 1 is 0.971 bits per heavy atom. The van der Waals surface area contributed by atoms with Crippen LogP contribution in [0.2, 0.25) is 0 Å². The SMILES string of the molecule is CC(C)CC(=O)N1CCN(c2cc(C(N)=O)nc(-c3ccc(Oc4ccc(F)cc4)cc3)c2)CC1. The number of primary amides is 1. The molecule has 182 valence electrons. The number of hydrogen-bond donors (Lipinski definition) is 1. The van der Waals surface area contributed by atoms with Gasteiger partial charge in [0.25, 0.3) is 5.91 Å². The van der Waals surface area contributed by atoms with Gasteiger partial charge in [0.05, 0.1) is 5.69 Å². The minimum Gasteiger partial charge on any atom is -0.457 e. The van der Waals surface area contributed by atoms with E-state index in [0.29, 0.717) is 55.7 Å². The minimum absolute atomic E-state index is 0.177. The number of benzene rings is 2. The fourth-order valence-corrected chi connectivity index (χ4v) is 4.00. The molecule has 3 aromatic rings. The van der Waals surface area contributed by atoms with Gasteiger partial charge >= 0.3 is 0 Å². The van der Waals surface area contributed by atoms with E-state index >= 15 is 0 Å². The van der Waals surface area contributed by atoms with E-state index in [9.17, 15) is 14.0 Å². The maximum atomic E-state index is 13.1. The van der Waals surface area contributed by atoms with Crippen LogP contribution in [0.3, 0.4) is 0 Å². The highest BCUT2D eigenvalue weighted by atomic mass is 19.1. The topological polar surface area (TPSA) is 88.8 Å². The van der Waals surface area contributed by atoms with E-state index in [1.165, 1.54) is 12.1 Å². The number of aromatic nitrogens is 1. The molecular formula is C27H29FN4O3. The molecule has 0 atom stereocenters. The van der Waals surface area contributed by atoms with Gasteiger partial charge in [-0.3, -0.25) is 9.59 Å². The van der Waals surface area contributed by atoms with Crippen LogP contribution in [0.15, 0.2) is 60.7 Å². The summed E-state index contributed by atoms with van der Waals surface area (Å²) in [7, 11) is 0. The molecule has 0 unspecified atom stereocenters. The third kappa shape index (κ3) is 6.15. The molecule has 8 heteroatoms. The first-order valence-corrected chi connectivity index (χ1v) is 11.7. The Kier molecular flexibility index (Phi) is 7.29. The zero-order valence-electron chi connectivity index (χ0n) is 19.9. The van der Waals surface area contributed by atoms with Crippen molar-refractivity contribution in [3.05, 3.63) is 72.2 Å². The number of hydrogen-bond acceptors (Lipinski definition) is 5. The lowest BCUT2D eigenvalue weighted by Gasteiger charge is -2.36. The standard InChI is InChI=1S/C27H29FN4O3/c1-18(2)15-26(33)32-13-11-31(12-14-32)21-16-24(30-25(17-21)27(29)34)19-3-7-22(8-4-19)35-23-9-5-20(28)6-10-23/h3-10,16-18H,11-15H2,1-2H3,(H2,29,34). The lowest BCUT2D eigenvalue weighted by Crippen LogP contribution is -2.49. The van der Waals surface area contributed by atoms with Crippen LogP contribution >= 0.6 is 0 Å². The molecule has 1 saturated heterocycles. The van der Waals surface area contributed by atoms with Crippen molar-refractivity contribution >= 4 is 17.5 Å². The fourth-order valence-electron chi connectivity index (χ4n) is 4.00. The normalized spacial score (nSPS) is 13.7. The molecule has 2 amide bonds. The number of carbonyl (C=O) groups excluding carboxylic acids is 2. The number of carbonyl (C=O) groups is 2. The Morgan fingerprint density at radius 3 is 2.14 bits per heavy atom. The molecule has 1 fully saturated rings. The fraction of sp³-hybridized carbons (Fsp3) is 0.296. The second kappa shape index (κ2) is 10.5. The van der Waals surface area contributed by atoms with Crippen LogP contribution in [0, 0.1) is 11.7 Å². The number of halogens is 1. The average molecular weight is 477 g/mol. The molecule has 0 aliphatic carbocycles. The number of nitrogens with zero attached hydrogens (tertiary/aromatic N) is 3. The van der Waals surface area contributed by atoms with E-state index in [0.717, 1.165) is 11.3 Å². The van der Waals surface area contributed by atoms with E-state index in [1.54, 1.807) is 30.3 Å². The predicted molar refractivity (Wildman–Crippen MR) is 133 cm³/mol. The highest BCUT2D eigenvalue weighted by molar-refractivity contribution is 5.92. The first-order valence-electron chi connectivity index (χ1n) is 11.7. The maximum absolute atomic E-state index is 13.1. The molecule has 2 heterocycles. The molecule has 35 heavy (non-hydrogen) atoms. The molecule has 0 saturated carbocycles. The molecule has 1 aromatic heterocycles. The lowest BCUT2D eigenvalue weighted by atomic mass is 10.1. The number of anilines is 1. The monoisotopic (exact) mass is 476 g/mol. The molecule has 0 spiro atoms. The van der Waals surface area contributed by atoms with Crippen molar-refractivity contribution in [2.75, 3.05) is 31.1 Å². The number of piperazine rings is 1. The molecular weight excluding hydrogens is 447 g/mol. The Morgan fingerprint density at radius 2 is 1.57 bits per heavy atom. The summed E-state index contributed by atoms with van der Waals surface area (Å²) in [6.45, 7) is 6.67. The zero-order chi connectivity index (χ0) is 24.9. The summed E-state index contributed by atoms with van der Waals surface area (Å²) in [6, 6.07) is 16.7. The van der Waals surface area contributed by atoms with Gasteiger partial charge < -0.3 is 20.3 Å². The van der Waals surface area contributed by atoms with Crippen molar-refractivity contribution in [3.63, 3.8) is 0 Å². The van der Waals surface area contributed by atoms with Gasteiger partial charge in [-0.1, -0.05) is 13.8 Å². The Hall–Kier alpha value is -3.94. The van der Waals surface area contributed by atoms with E-state index in [-0.39, 0.29) is 17.4 Å². The number of nitrogens with two attached hydrogens (primary N) is 1. The van der Waals surface area contributed by atoms with Gasteiger partial charge in [0.1, 0.15) is 23.0 Å². The molecule has 2 N–H and O–H groups in total. The molecule has 0 radical (unpaired) electrons. The lowest BCUT2D eigenvalue weighted by molar-refractivity contribution is -0.132. The van der Waals surface area contributed by atoms with Gasteiger partial charge in [-0.2, -0.15) is 0 Å². The maximum Gasteiger partial charge on any atom is 0.267 e. The highest BCUT2D eigenvalue weighted by Gasteiger charge is 2.23. The van der Waals surface area contributed by atoms with Crippen LogP contribution in [0.4, 0.5) is 10.1 Å². The van der Waals surface area contributed by atoms with Crippen molar-refractivity contribution in [3.8, 4) is 22.8 Å². The Labute approximate surface area is 204 Å². The largest absolute Gasteiger partial charge is 0.457 e. The van der Waals surface area contributed by atoms with Gasteiger partial charge in [0, 0.05) is 43.9 Å². The van der Waals surface area contributed by atoms with Crippen molar-refractivity contribution in [2.45, 2.75) is 20.3 Å². The smallest absolute Gasteiger partial charge is 0.267 e. The zero-order valence-corrected chi connectivity index (χ0v) is 19.9. The number of ether oxygens (including phenoxy) is 1. The minimum atomic E-state index is -0.602. The summed E-state index contributed by atoms with van der Waals surface area (Å²) in [5.74, 6) is 0.697. The number of rotatable bonds is 7. The Balaban J connectivity index is 1.51. The van der Waals surface area contributed by atoms with Crippen molar-refractivity contribution < 1.29 is 18.7 Å². The van der Waals surface area contributed by atoms with Gasteiger partial charge in [0.15, 0.2) is 0 Å². The summed E-state index contributed by atoms with van der Waals surface area (Å²) in [5.41, 5.74) is 8.00. The average Bonchev–Trinajstić information content (AvgIpc) is 2.85. The van der Waals surface area contributed by atoms with Crippen molar-refractivity contribution in [2.24, 2.45) is 11.7 Å². The quantitative estimate of drug-likeness (QED) is 0.543. The van der Waals surface area contributed by atoms with E-state index in [2.05, 4.69) is 9.88 Å². The van der Waals surface area contributed by atoms with Crippen LogP contribution in [0.5, 0.6) is 11.5 Å². The van der Waals surface area contributed by atoms with E-state index in [1.807, 2.05) is 36.9 Å². The first kappa shape index (κ1) is 24.2. The molecule has 4 rings (SSSR count). The summed E-state index contributed by atoms with van der Waals surface area (Å²) >= 11 is 0. The third-order valence-electron chi connectivity index (χ3n) is 5.84. The van der Waals surface area contributed by atoms with Crippen LogP contribution in [-0.2, 0) is 4.79 Å². The summed E-state index contributed by atoms with van der Waals surface area (Å²) in [5, 5.41) is 0. The molecule has 1 aliphatic rings. The van der Waals surface area contributed by atoms with Gasteiger partial charge in [-0.15, -0.1) is 0 Å². The Bertz CT molecular complexity index is 1190. The van der Waals surface area contributed by atoms with Gasteiger partial charge in [0.2, 0.25) is 5.91 Å².